The van der Waals surface area contributed by atoms with Gasteiger partial charge in [-0.15, -0.1) is 0 Å². The van der Waals surface area contributed by atoms with Gasteiger partial charge in [-0.1, -0.05) is 42.1 Å². The van der Waals surface area contributed by atoms with Gasteiger partial charge < -0.3 is 5.73 Å². The van der Waals surface area contributed by atoms with Gasteiger partial charge in [0.05, 0.1) is 10.0 Å². The molecule has 2 N–H and O–H groups in total. The first-order chi connectivity index (χ1) is 7.18. The Balaban J connectivity index is 2.24. The standard InChI is InChI=1S/C12H15Cl2N/c13-10-6-5-8(7-11(10)14)9-3-1-2-4-12(9)15/h5-7,9,12H,1-4,15H2. The fourth-order valence-corrected chi connectivity index (χ4v) is 2.62. The Bertz CT molecular complexity index is 351. The number of hydrogen-bond donors (Lipinski definition) is 1. The number of benzene rings is 1. The molecule has 2 rings (SSSR count). The van der Waals surface area contributed by atoms with E-state index in [0.29, 0.717) is 16.0 Å². The Morgan fingerprint density at radius 1 is 1.07 bits per heavy atom. The second-order valence-corrected chi connectivity index (χ2v) is 5.04. The highest BCUT2D eigenvalue weighted by Crippen LogP contribution is 2.34. The smallest absolute Gasteiger partial charge is 0.0595 e. The van der Waals surface area contributed by atoms with Crippen molar-refractivity contribution in [2.75, 3.05) is 0 Å². The molecule has 1 aliphatic carbocycles. The third-order valence-electron chi connectivity index (χ3n) is 3.19. The second-order valence-electron chi connectivity index (χ2n) is 4.23. The van der Waals surface area contributed by atoms with E-state index in [1.165, 1.54) is 24.8 Å². The summed E-state index contributed by atoms with van der Waals surface area (Å²) in [7, 11) is 0. The molecular formula is C12H15Cl2N. The van der Waals surface area contributed by atoms with E-state index in [4.69, 9.17) is 28.9 Å². The fraction of sp³-hybridized carbons (Fsp3) is 0.500. The minimum Gasteiger partial charge on any atom is -0.327 e. The molecule has 1 fully saturated rings. The topological polar surface area (TPSA) is 26.0 Å². The molecule has 3 heteroatoms. The van der Waals surface area contributed by atoms with Crippen LogP contribution in [0.1, 0.15) is 37.2 Å². The maximum Gasteiger partial charge on any atom is 0.0595 e. The zero-order valence-electron chi connectivity index (χ0n) is 8.55. The number of nitrogens with two attached hydrogens (primary N) is 1. The molecule has 1 nitrogen and oxygen atoms in total. The molecule has 2 atom stereocenters. The van der Waals surface area contributed by atoms with Crippen molar-refractivity contribution in [1.82, 2.24) is 0 Å². The summed E-state index contributed by atoms with van der Waals surface area (Å²) in [4.78, 5) is 0. The predicted molar refractivity (Wildman–Crippen MR) is 65.6 cm³/mol. The van der Waals surface area contributed by atoms with Crippen molar-refractivity contribution >= 4 is 23.2 Å². The largest absolute Gasteiger partial charge is 0.327 e. The molecular weight excluding hydrogens is 229 g/mol. The van der Waals surface area contributed by atoms with Crippen LogP contribution in [0.3, 0.4) is 0 Å². The molecule has 0 spiro atoms. The van der Waals surface area contributed by atoms with Crippen LogP contribution < -0.4 is 5.73 Å². The van der Waals surface area contributed by atoms with Gasteiger partial charge in [0.1, 0.15) is 0 Å². The Morgan fingerprint density at radius 2 is 1.80 bits per heavy atom. The third-order valence-corrected chi connectivity index (χ3v) is 3.93. The van der Waals surface area contributed by atoms with Crippen LogP contribution in [0.25, 0.3) is 0 Å². The number of halogens is 2. The monoisotopic (exact) mass is 243 g/mol. The molecule has 2 unspecified atom stereocenters. The maximum absolute atomic E-state index is 6.12. The first kappa shape index (κ1) is 11.3. The van der Waals surface area contributed by atoms with Gasteiger partial charge in [0.25, 0.3) is 0 Å². The maximum atomic E-state index is 6.12. The minimum absolute atomic E-state index is 0.274. The van der Waals surface area contributed by atoms with Crippen molar-refractivity contribution in [3.05, 3.63) is 33.8 Å². The first-order valence-electron chi connectivity index (χ1n) is 5.39. The molecule has 15 heavy (non-hydrogen) atoms. The van der Waals surface area contributed by atoms with Gasteiger partial charge in [-0.05, 0) is 36.5 Å². The molecule has 0 saturated heterocycles. The molecule has 0 amide bonds. The van der Waals surface area contributed by atoms with Crippen LogP contribution in [0.2, 0.25) is 10.0 Å². The zero-order valence-corrected chi connectivity index (χ0v) is 10.1. The van der Waals surface area contributed by atoms with Crippen molar-refractivity contribution in [3.8, 4) is 0 Å². The average molecular weight is 244 g/mol. The van der Waals surface area contributed by atoms with Gasteiger partial charge in [-0.2, -0.15) is 0 Å². The summed E-state index contributed by atoms with van der Waals surface area (Å²) in [5.41, 5.74) is 7.36. The van der Waals surface area contributed by atoms with E-state index in [9.17, 15) is 0 Å². The molecule has 1 aliphatic rings. The van der Waals surface area contributed by atoms with E-state index in [1.807, 2.05) is 18.2 Å². The lowest BCUT2D eigenvalue weighted by Crippen LogP contribution is -2.31. The van der Waals surface area contributed by atoms with Crippen LogP contribution in [0.5, 0.6) is 0 Å². The van der Waals surface area contributed by atoms with Gasteiger partial charge in [0.2, 0.25) is 0 Å². The SMILES string of the molecule is NC1CCCCC1c1ccc(Cl)c(Cl)c1. The second kappa shape index (κ2) is 4.73. The van der Waals surface area contributed by atoms with Crippen molar-refractivity contribution < 1.29 is 0 Å². The lowest BCUT2D eigenvalue weighted by atomic mass is 9.80. The van der Waals surface area contributed by atoms with Crippen LogP contribution >= 0.6 is 23.2 Å². The van der Waals surface area contributed by atoms with Gasteiger partial charge >= 0.3 is 0 Å². The molecule has 1 aromatic rings. The summed E-state index contributed by atoms with van der Waals surface area (Å²) < 4.78 is 0. The lowest BCUT2D eigenvalue weighted by molar-refractivity contribution is 0.385. The van der Waals surface area contributed by atoms with Gasteiger partial charge in [0.15, 0.2) is 0 Å². The molecule has 1 saturated carbocycles. The van der Waals surface area contributed by atoms with Gasteiger partial charge in [-0.3, -0.25) is 0 Å². The van der Waals surface area contributed by atoms with Crippen LogP contribution in [-0.4, -0.2) is 6.04 Å². The predicted octanol–water partition coefficient (Wildman–Crippen LogP) is 3.98. The highest BCUT2D eigenvalue weighted by molar-refractivity contribution is 6.42. The molecule has 0 aromatic heterocycles. The van der Waals surface area contributed by atoms with E-state index in [0.717, 1.165) is 6.42 Å². The summed E-state index contributed by atoms with van der Waals surface area (Å²) in [5, 5.41) is 1.25. The normalized spacial score (nSPS) is 26.6. The van der Waals surface area contributed by atoms with Crippen molar-refractivity contribution in [3.63, 3.8) is 0 Å². The summed E-state index contributed by atoms with van der Waals surface area (Å²) in [6, 6.07) is 6.14. The molecule has 0 radical (unpaired) electrons. The zero-order chi connectivity index (χ0) is 10.8. The Hall–Kier alpha value is -0.240. The minimum atomic E-state index is 0.274. The first-order valence-corrected chi connectivity index (χ1v) is 6.14. The highest BCUT2D eigenvalue weighted by atomic mass is 35.5. The van der Waals surface area contributed by atoms with Crippen molar-refractivity contribution in [1.29, 1.82) is 0 Å². The Kier molecular flexibility index (Phi) is 3.55. The molecule has 82 valence electrons. The lowest BCUT2D eigenvalue weighted by Gasteiger charge is -2.29. The summed E-state index contributed by atoms with van der Waals surface area (Å²) in [6.07, 6.45) is 4.79. The molecule has 0 heterocycles. The third kappa shape index (κ3) is 2.47. The highest BCUT2D eigenvalue weighted by Gasteiger charge is 2.23. The Labute approximate surface area is 101 Å². The summed E-state index contributed by atoms with van der Waals surface area (Å²) in [6.45, 7) is 0. The average Bonchev–Trinajstić information content (AvgIpc) is 2.23. The molecule has 0 bridgehead atoms. The van der Waals surface area contributed by atoms with Gasteiger partial charge in [0, 0.05) is 6.04 Å². The van der Waals surface area contributed by atoms with E-state index in [2.05, 4.69) is 0 Å². The van der Waals surface area contributed by atoms with Gasteiger partial charge in [-0.25, -0.2) is 0 Å². The Morgan fingerprint density at radius 3 is 2.47 bits per heavy atom. The molecule has 0 aliphatic heterocycles. The van der Waals surface area contributed by atoms with E-state index < -0.39 is 0 Å². The fourth-order valence-electron chi connectivity index (χ4n) is 2.32. The van der Waals surface area contributed by atoms with Crippen molar-refractivity contribution in [2.24, 2.45) is 5.73 Å². The van der Waals surface area contributed by atoms with E-state index >= 15 is 0 Å². The quantitative estimate of drug-likeness (QED) is 0.794. The number of rotatable bonds is 1. The van der Waals surface area contributed by atoms with Crippen LogP contribution in [-0.2, 0) is 0 Å². The van der Waals surface area contributed by atoms with Crippen LogP contribution in [0.4, 0.5) is 0 Å². The van der Waals surface area contributed by atoms with Crippen LogP contribution in [0, 0.1) is 0 Å². The molecule has 1 aromatic carbocycles. The van der Waals surface area contributed by atoms with Crippen molar-refractivity contribution in [2.45, 2.75) is 37.6 Å². The summed E-state index contributed by atoms with van der Waals surface area (Å²) >= 11 is 11.9. The van der Waals surface area contributed by atoms with Crippen LogP contribution in [0.15, 0.2) is 18.2 Å². The number of hydrogen-bond acceptors (Lipinski definition) is 1. The van der Waals surface area contributed by atoms with E-state index in [-0.39, 0.29) is 6.04 Å². The summed E-state index contributed by atoms with van der Waals surface area (Å²) in [5.74, 6) is 0.452. The van der Waals surface area contributed by atoms with E-state index in [1.54, 1.807) is 0 Å².